The lowest BCUT2D eigenvalue weighted by molar-refractivity contribution is -0.136. The molecule has 156 valence electrons. The van der Waals surface area contributed by atoms with Crippen molar-refractivity contribution < 1.29 is 9.53 Å². The van der Waals surface area contributed by atoms with Crippen molar-refractivity contribution in [2.45, 2.75) is 6.92 Å². The summed E-state index contributed by atoms with van der Waals surface area (Å²) in [6.07, 6.45) is 0. The van der Waals surface area contributed by atoms with E-state index in [9.17, 15) is 4.79 Å². The van der Waals surface area contributed by atoms with Crippen LogP contribution in [-0.2, 0) is 4.79 Å². The van der Waals surface area contributed by atoms with Crippen LogP contribution in [-0.4, -0.2) is 62.2 Å². The van der Waals surface area contributed by atoms with Crippen LogP contribution >= 0.6 is 11.3 Å². The molecule has 1 amide bonds. The Morgan fingerprint density at radius 2 is 1.83 bits per heavy atom. The number of piperazine rings is 1. The van der Waals surface area contributed by atoms with Crippen molar-refractivity contribution >= 4 is 38.3 Å². The minimum Gasteiger partial charge on any atom is -0.494 e. The van der Waals surface area contributed by atoms with Crippen LogP contribution in [0.15, 0.2) is 42.5 Å². The quantitative estimate of drug-likeness (QED) is 0.645. The molecule has 2 aromatic carbocycles. The number of ether oxygens (including phenoxy) is 1. The van der Waals surface area contributed by atoms with Gasteiger partial charge in [0.1, 0.15) is 11.3 Å². The minimum absolute atomic E-state index is 0.0735. The molecule has 0 radical (unpaired) electrons. The highest BCUT2D eigenvalue weighted by atomic mass is 32.1. The first-order valence-electron chi connectivity index (χ1n) is 10.4. The molecule has 0 bridgehead atoms. The van der Waals surface area contributed by atoms with Crippen molar-refractivity contribution in [1.29, 1.82) is 0 Å². The van der Waals surface area contributed by atoms with E-state index in [4.69, 9.17) is 9.72 Å². The molecule has 5 rings (SSSR count). The maximum absolute atomic E-state index is 13.0. The van der Waals surface area contributed by atoms with Crippen LogP contribution in [0, 0.1) is 12.8 Å². The average molecular weight is 423 g/mol. The van der Waals surface area contributed by atoms with Gasteiger partial charge in [-0.05, 0) is 36.8 Å². The van der Waals surface area contributed by atoms with E-state index in [0.717, 1.165) is 60.4 Å². The number of aryl methyl sites for hydroxylation is 1. The third-order valence-corrected chi connectivity index (χ3v) is 7.13. The largest absolute Gasteiger partial charge is 0.494 e. The molecule has 1 aromatic heterocycles. The van der Waals surface area contributed by atoms with Gasteiger partial charge in [0.2, 0.25) is 5.91 Å². The van der Waals surface area contributed by atoms with E-state index in [1.165, 1.54) is 11.3 Å². The molecule has 2 aliphatic rings. The summed E-state index contributed by atoms with van der Waals surface area (Å²) in [5.41, 5.74) is 3.43. The fourth-order valence-corrected chi connectivity index (χ4v) is 5.27. The van der Waals surface area contributed by atoms with Gasteiger partial charge in [0.25, 0.3) is 0 Å². The van der Waals surface area contributed by atoms with Crippen LogP contribution in [0.4, 0.5) is 10.8 Å². The highest BCUT2D eigenvalue weighted by Gasteiger charge is 2.37. The predicted octanol–water partition coefficient (Wildman–Crippen LogP) is 3.40. The minimum atomic E-state index is 0.0735. The molecule has 0 N–H and O–H groups in total. The van der Waals surface area contributed by atoms with E-state index in [0.29, 0.717) is 0 Å². The second kappa shape index (κ2) is 7.80. The number of rotatable bonds is 4. The number of methoxy groups -OCH3 is 1. The van der Waals surface area contributed by atoms with E-state index in [1.54, 1.807) is 18.4 Å². The molecular weight excluding hydrogens is 396 g/mol. The highest BCUT2D eigenvalue weighted by Crippen LogP contribution is 2.37. The van der Waals surface area contributed by atoms with Crippen LogP contribution in [0.5, 0.6) is 5.75 Å². The van der Waals surface area contributed by atoms with Gasteiger partial charge < -0.3 is 19.4 Å². The molecule has 0 atom stereocenters. The first kappa shape index (κ1) is 19.2. The second-order valence-corrected chi connectivity index (χ2v) is 9.07. The fourth-order valence-electron chi connectivity index (χ4n) is 4.27. The standard InChI is InChI=1S/C23H26N4O2S/c1-16-5-3-6-18(13-16)25-9-11-26(12-10-25)22(28)17-14-27(15-17)23-24-21-19(29-2)7-4-8-20(21)30-23/h3-8,13,17H,9-12,14-15H2,1-2H3. The third kappa shape index (κ3) is 3.47. The number of anilines is 2. The maximum Gasteiger partial charge on any atom is 0.229 e. The van der Waals surface area contributed by atoms with Crippen LogP contribution < -0.4 is 14.5 Å². The third-order valence-electron chi connectivity index (χ3n) is 6.05. The Morgan fingerprint density at radius 3 is 2.57 bits per heavy atom. The number of fused-ring (bicyclic) bond motifs is 1. The zero-order valence-corrected chi connectivity index (χ0v) is 18.2. The molecule has 0 unspecified atom stereocenters. The lowest BCUT2D eigenvalue weighted by Gasteiger charge is -2.43. The van der Waals surface area contributed by atoms with Crippen LogP contribution in [0.2, 0.25) is 0 Å². The molecule has 0 aliphatic carbocycles. The normalized spacial score (nSPS) is 17.3. The summed E-state index contributed by atoms with van der Waals surface area (Å²) in [5, 5.41) is 0.975. The number of para-hydroxylation sites is 1. The summed E-state index contributed by atoms with van der Waals surface area (Å²) in [6.45, 7) is 6.99. The Bertz CT molecular complexity index is 1070. The van der Waals surface area contributed by atoms with Gasteiger partial charge in [0.05, 0.1) is 17.7 Å². The van der Waals surface area contributed by atoms with Gasteiger partial charge >= 0.3 is 0 Å². The molecule has 2 fully saturated rings. The number of amides is 1. The number of carbonyl (C=O) groups is 1. The molecule has 0 saturated carbocycles. The lowest BCUT2D eigenvalue weighted by atomic mass is 9.99. The van der Waals surface area contributed by atoms with Gasteiger partial charge in [-0.25, -0.2) is 4.98 Å². The maximum atomic E-state index is 13.0. The first-order valence-corrected chi connectivity index (χ1v) is 11.2. The molecule has 3 aromatic rings. The topological polar surface area (TPSA) is 48.9 Å². The molecule has 7 heteroatoms. The van der Waals surface area contributed by atoms with Crippen molar-refractivity contribution in [2.24, 2.45) is 5.92 Å². The first-order chi connectivity index (χ1) is 14.6. The Kier molecular flexibility index (Phi) is 4.98. The molecule has 0 spiro atoms. The number of thiazole rings is 1. The molecule has 6 nitrogen and oxygen atoms in total. The number of hydrogen-bond acceptors (Lipinski definition) is 6. The number of carbonyl (C=O) groups excluding carboxylic acids is 1. The fraction of sp³-hybridized carbons (Fsp3) is 0.391. The Labute approximate surface area is 180 Å². The summed E-state index contributed by atoms with van der Waals surface area (Å²) >= 11 is 1.66. The second-order valence-electron chi connectivity index (χ2n) is 8.06. The van der Waals surface area contributed by atoms with E-state index in [-0.39, 0.29) is 11.8 Å². The SMILES string of the molecule is COc1cccc2sc(N3CC(C(=O)N4CCN(c5cccc(C)c5)CC4)C3)nc12. The summed E-state index contributed by atoms with van der Waals surface area (Å²) < 4.78 is 6.54. The summed E-state index contributed by atoms with van der Waals surface area (Å²) in [6, 6.07) is 14.6. The van der Waals surface area contributed by atoms with E-state index >= 15 is 0 Å². The number of aromatic nitrogens is 1. The Morgan fingerprint density at radius 1 is 1.07 bits per heavy atom. The van der Waals surface area contributed by atoms with Gasteiger partial charge in [-0.2, -0.15) is 0 Å². The zero-order chi connectivity index (χ0) is 20.7. The number of hydrogen-bond donors (Lipinski definition) is 0. The van der Waals surface area contributed by atoms with E-state index < -0.39 is 0 Å². The lowest BCUT2D eigenvalue weighted by Crippen LogP contribution is -2.58. The van der Waals surface area contributed by atoms with Crippen molar-refractivity contribution in [3.05, 3.63) is 48.0 Å². The number of nitrogens with zero attached hydrogens (tertiary/aromatic N) is 4. The van der Waals surface area contributed by atoms with Crippen molar-refractivity contribution in [3.8, 4) is 5.75 Å². The van der Waals surface area contributed by atoms with Crippen molar-refractivity contribution in [3.63, 3.8) is 0 Å². The van der Waals surface area contributed by atoms with Crippen LogP contribution in [0.1, 0.15) is 5.56 Å². The van der Waals surface area contributed by atoms with Crippen LogP contribution in [0.25, 0.3) is 10.2 Å². The Balaban J connectivity index is 1.18. The predicted molar refractivity (Wildman–Crippen MR) is 122 cm³/mol. The van der Waals surface area contributed by atoms with Gasteiger partial charge in [-0.15, -0.1) is 0 Å². The Hall–Kier alpha value is -2.80. The van der Waals surface area contributed by atoms with Gasteiger partial charge in [0.15, 0.2) is 5.13 Å². The van der Waals surface area contributed by atoms with Crippen molar-refractivity contribution in [2.75, 3.05) is 56.2 Å². The molecule has 30 heavy (non-hydrogen) atoms. The highest BCUT2D eigenvalue weighted by molar-refractivity contribution is 7.22. The summed E-state index contributed by atoms with van der Waals surface area (Å²) in [5.74, 6) is 1.16. The summed E-state index contributed by atoms with van der Waals surface area (Å²) in [4.78, 5) is 24.3. The van der Waals surface area contributed by atoms with Gasteiger partial charge in [-0.3, -0.25) is 4.79 Å². The molecule has 2 saturated heterocycles. The molecule has 2 aliphatic heterocycles. The van der Waals surface area contributed by atoms with E-state index in [2.05, 4.69) is 47.1 Å². The van der Waals surface area contributed by atoms with Gasteiger partial charge in [0, 0.05) is 45.0 Å². The monoisotopic (exact) mass is 422 g/mol. The average Bonchev–Trinajstić information content (AvgIpc) is 3.16. The number of benzene rings is 2. The molecule has 3 heterocycles. The summed E-state index contributed by atoms with van der Waals surface area (Å²) in [7, 11) is 1.67. The van der Waals surface area contributed by atoms with Crippen LogP contribution in [0.3, 0.4) is 0 Å². The smallest absolute Gasteiger partial charge is 0.229 e. The van der Waals surface area contributed by atoms with Gasteiger partial charge in [-0.1, -0.05) is 29.5 Å². The van der Waals surface area contributed by atoms with Crippen molar-refractivity contribution in [1.82, 2.24) is 9.88 Å². The molecular formula is C23H26N4O2S. The zero-order valence-electron chi connectivity index (χ0n) is 17.4. The van der Waals surface area contributed by atoms with E-state index in [1.807, 2.05) is 17.0 Å².